The molecular formula is C10H17NO. The van der Waals surface area contributed by atoms with Gasteiger partial charge in [0.2, 0.25) is 5.91 Å². The molecule has 0 atom stereocenters. The number of nitrogens with two attached hydrogens (primary N) is 1. The van der Waals surface area contributed by atoms with Crippen LogP contribution in [0.15, 0.2) is 30.3 Å². The molecule has 1 aromatic carbocycles. The number of carbonyl (C=O) groups excluding carboxylic acids is 1. The van der Waals surface area contributed by atoms with Crippen molar-refractivity contribution in [3.05, 3.63) is 35.9 Å². The number of primary amides is 1. The molecule has 0 aromatic heterocycles. The minimum Gasteiger partial charge on any atom is -0.370 e. The van der Waals surface area contributed by atoms with Gasteiger partial charge in [-0.2, -0.15) is 0 Å². The van der Waals surface area contributed by atoms with Gasteiger partial charge in [0.05, 0.1) is 0 Å². The van der Waals surface area contributed by atoms with Crippen molar-refractivity contribution in [2.45, 2.75) is 19.3 Å². The van der Waals surface area contributed by atoms with Gasteiger partial charge in [-0.15, -0.1) is 0 Å². The molecule has 0 saturated carbocycles. The van der Waals surface area contributed by atoms with E-state index in [0.29, 0.717) is 6.42 Å². The number of carbonyl (C=O) groups is 1. The molecule has 0 aliphatic heterocycles. The SMILES string of the molecule is NC(=O)CCCc1ccccc1.[HH].[HH]. The molecule has 0 aliphatic rings. The first kappa shape index (κ1) is 8.78. The number of amides is 1. The van der Waals surface area contributed by atoms with Gasteiger partial charge in [-0.1, -0.05) is 30.3 Å². The molecule has 0 heterocycles. The Morgan fingerprint density at radius 1 is 1.33 bits per heavy atom. The summed E-state index contributed by atoms with van der Waals surface area (Å²) in [6.07, 6.45) is 2.26. The Morgan fingerprint density at radius 3 is 2.58 bits per heavy atom. The van der Waals surface area contributed by atoms with Gasteiger partial charge in [0.25, 0.3) is 0 Å². The predicted octanol–water partition coefficient (Wildman–Crippen LogP) is 1.99. The van der Waals surface area contributed by atoms with Gasteiger partial charge in [-0.05, 0) is 18.4 Å². The molecule has 0 spiro atoms. The molecule has 12 heavy (non-hydrogen) atoms. The molecule has 0 aliphatic carbocycles. The summed E-state index contributed by atoms with van der Waals surface area (Å²) in [6.45, 7) is 0. The van der Waals surface area contributed by atoms with Crippen LogP contribution in [0.2, 0.25) is 0 Å². The highest BCUT2D eigenvalue weighted by atomic mass is 16.1. The van der Waals surface area contributed by atoms with Gasteiger partial charge in [0.15, 0.2) is 0 Å². The van der Waals surface area contributed by atoms with E-state index in [1.807, 2.05) is 18.2 Å². The van der Waals surface area contributed by atoms with E-state index in [4.69, 9.17) is 5.73 Å². The number of hydrogen-bond donors (Lipinski definition) is 1. The number of aryl methyl sites for hydroxylation is 1. The van der Waals surface area contributed by atoms with Crippen LogP contribution in [0.4, 0.5) is 0 Å². The summed E-state index contributed by atoms with van der Waals surface area (Å²) < 4.78 is 0. The predicted molar refractivity (Wildman–Crippen MR) is 52.8 cm³/mol. The van der Waals surface area contributed by atoms with Crippen LogP contribution in [0.1, 0.15) is 21.3 Å². The fourth-order valence-electron chi connectivity index (χ4n) is 1.11. The zero-order valence-corrected chi connectivity index (χ0v) is 6.99. The normalized spacial score (nSPS) is 9.67. The molecule has 0 radical (unpaired) electrons. The first-order chi connectivity index (χ1) is 5.79. The van der Waals surface area contributed by atoms with Crippen molar-refractivity contribution >= 4 is 5.91 Å². The Hall–Kier alpha value is -1.31. The van der Waals surface area contributed by atoms with Gasteiger partial charge >= 0.3 is 0 Å². The van der Waals surface area contributed by atoms with Crippen molar-refractivity contribution < 1.29 is 7.65 Å². The summed E-state index contributed by atoms with van der Waals surface area (Å²) in [7, 11) is 0. The third-order valence-corrected chi connectivity index (χ3v) is 1.73. The van der Waals surface area contributed by atoms with Crippen LogP contribution in [0.25, 0.3) is 0 Å². The highest BCUT2D eigenvalue weighted by Crippen LogP contribution is 2.03. The fraction of sp³-hybridized carbons (Fsp3) is 0.300. The van der Waals surface area contributed by atoms with Crippen molar-refractivity contribution in [1.82, 2.24) is 0 Å². The van der Waals surface area contributed by atoms with Crippen molar-refractivity contribution in [1.29, 1.82) is 0 Å². The van der Waals surface area contributed by atoms with E-state index in [0.717, 1.165) is 12.8 Å². The van der Waals surface area contributed by atoms with Crippen LogP contribution >= 0.6 is 0 Å². The average molecular weight is 167 g/mol. The van der Waals surface area contributed by atoms with E-state index in [9.17, 15) is 4.79 Å². The topological polar surface area (TPSA) is 43.1 Å². The van der Waals surface area contributed by atoms with Gasteiger partial charge in [0.1, 0.15) is 0 Å². The molecule has 1 aromatic rings. The van der Waals surface area contributed by atoms with Crippen LogP contribution in [0.3, 0.4) is 0 Å². The molecule has 2 N–H and O–H groups in total. The largest absolute Gasteiger partial charge is 0.370 e. The third-order valence-electron chi connectivity index (χ3n) is 1.73. The lowest BCUT2D eigenvalue weighted by Crippen LogP contribution is -2.10. The Kier molecular flexibility index (Phi) is 3.33. The van der Waals surface area contributed by atoms with Gasteiger partial charge in [0, 0.05) is 9.27 Å². The number of rotatable bonds is 4. The first-order valence-electron chi connectivity index (χ1n) is 4.11. The van der Waals surface area contributed by atoms with Crippen molar-refractivity contribution in [3.63, 3.8) is 0 Å². The molecule has 1 rings (SSSR count). The molecule has 2 nitrogen and oxygen atoms in total. The van der Waals surface area contributed by atoms with E-state index < -0.39 is 0 Å². The highest BCUT2D eigenvalue weighted by molar-refractivity contribution is 5.73. The van der Waals surface area contributed by atoms with Crippen LogP contribution in [0, 0.1) is 0 Å². The average Bonchev–Trinajstić information content (AvgIpc) is 2.05. The lowest BCUT2D eigenvalue weighted by atomic mass is 10.1. The Morgan fingerprint density at radius 2 is 2.00 bits per heavy atom. The summed E-state index contributed by atoms with van der Waals surface area (Å²) in [4.78, 5) is 10.4. The monoisotopic (exact) mass is 167 g/mol. The maximum absolute atomic E-state index is 10.4. The molecule has 0 fully saturated rings. The van der Waals surface area contributed by atoms with Gasteiger partial charge in [-0.25, -0.2) is 0 Å². The molecule has 2 heteroatoms. The Labute approximate surface area is 75.4 Å². The molecule has 0 saturated heterocycles. The second-order valence-electron chi connectivity index (χ2n) is 2.81. The maximum atomic E-state index is 10.4. The summed E-state index contributed by atoms with van der Waals surface area (Å²) >= 11 is 0. The fourth-order valence-corrected chi connectivity index (χ4v) is 1.11. The van der Waals surface area contributed by atoms with Gasteiger partial charge in [-0.3, -0.25) is 4.79 Å². The molecule has 1 amide bonds. The van der Waals surface area contributed by atoms with Crippen LogP contribution < -0.4 is 5.73 Å². The third kappa shape index (κ3) is 3.19. The molecule has 68 valence electrons. The van der Waals surface area contributed by atoms with Gasteiger partial charge < -0.3 is 5.73 Å². The van der Waals surface area contributed by atoms with Crippen LogP contribution in [0.5, 0.6) is 0 Å². The van der Waals surface area contributed by atoms with E-state index >= 15 is 0 Å². The molecule has 0 unspecified atom stereocenters. The molecule has 0 bridgehead atoms. The zero-order valence-electron chi connectivity index (χ0n) is 6.99. The highest BCUT2D eigenvalue weighted by Gasteiger charge is 1.95. The first-order valence-corrected chi connectivity index (χ1v) is 4.11. The summed E-state index contributed by atoms with van der Waals surface area (Å²) in [5.74, 6) is -0.217. The van der Waals surface area contributed by atoms with E-state index in [1.54, 1.807) is 0 Å². The second-order valence-corrected chi connectivity index (χ2v) is 2.81. The van der Waals surface area contributed by atoms with Crippen molar-refractivity contribution in [3.8, 4) is 0 Å². The quantitative estimate of drug-likeness (QED) is 0.732. The zero-order chi connectivity index (χ0) is 8.81. The lowest BCUT2D eigenvalue weighted by Gasteiger charge is -1.97. The van der Waals surface area contributed by atoms with Crippen molar-refractivity contribution in [2.75, 3.05) is 0 Å². The minimum atomic E-state index is -0.217. The summed E-state index contributed by atoms with van der Waals surface area (Å²) in [6, 6.07) is 10.1. The Bertz CT molecular complexity index is 252. The second kappa shape index (κ2) is 4.54. The maximum Gasteiger partial charge on any atom is 0.217 e. The number of benzene rings is 1. The summed E-state index contributed by atoms with van der Waals surface area (Å²) in [5, 5.41) is 0. The minimum absolute atomic E-state index is 0. The number of hydrogen-bond acceptors (Lipinski definition) is 1. The van der Waals surface area contributed by atoms with Crippen LogP contribution in [-0.4, -0.2) is 5.91 Å². The lowest BCUT2D eigenvalue weighted by molar-refractivity contribution is -0.118. The van der Waals surface area contributed by atoms with E-state index in [2.05, 4.69) is 12.1 Å². The van der Waals surface area contributed by atoms with Crippen molar-refractivity contribution in [2.24, 2.45) is 5.73 Å². The Balaban J connectivity index is 0. The van der Waals surface area contributed by atoms with E-state index in [-0.39, 0.29) is 8.76 Å². The van der Waals surface area contributed by atoms with Crippen LogP contribution in [-0.2, 0) is 11.2 Å². The standard InChI is InChI=1S/C10H13NO.2H2/c11-10(12)8-4-7-9-5-2-1-3-6-9;;/h1-3,5-6H,4,7-8H2,(H2,11,12);2*1H. The van der Waals surface area contributed by atoms with E-state index in [1.165, 1.54) is 5.56 Å². The smallest absolute Gasteiger partial charge is 0.217 e. The molecular weight excluding hydrogens is 150 g/mol. The summed E-state index contributed by atoms with van der Waals surface area (Å²) in [5.41, 5.74) is 6.28.